The molecular formula is C14H26N2O3. The highest BCUT2D eigenvalue weighted by Gasteiger charge is 2.29. The molecule has 0 aromatic heterocycles. The summed E-state index contributed by atoms with van der Waals surface area (Å²) in [6.45, 7) is 5.47. The molecule has 0 spiro atoms. The standard InChI is InChI=1S/C14H26N2O3/c1-4-11-7-6-9-16(10-8-11)14(19)15(3)12(5-2)13(17)18/h11-12H,4-10H2,1-3H3,(H,17,18). The Morgan fingerprint density at radius 1 is 1.32 bits per heavy atom. The summed E-state index contributed by atoms with van der Waals surface area (Å²) >= 11 is 0. The predicted octanol–water partition coefficient (Wildman–Crippen LogP) is 2.41. The zero-order valence-electron chi connectivity index (χ0n) is 12.3. The van der Waals surface area contributed by atoms with Crippen molar-refractivity contribution in [2.75, 3.05) is 20.1 Å². The fourth-order valence-corrected chi connectivity index (χ4v) is 2.74. The lowest BCUT2D eigenvalue weighted by molar-refractivity contribution is -0.142. The summed E-state index contributed by atoms with van der Waals surface area (Å²) in [6, 6.07) is -0.872. The van der Waals surface area contributed by atoms with Crippen LogP contribution in [-0.4, -0.2) is 53.1 Å². The number of carboxylic acids is 1. The van der Waals surface area contributed by atoms with Crippen LogP contribution in [0.3, 0.4) is 0 Å². The van der Waals surface area contributed by atoms with E-state index in [1.54, 1.807) is 18.9 Å². The van der Waals surface area contributed by atoms with Crippen LogP contribution in [0, 0.1) is 5.92 Å². The lowest BCUT2D eigenvalue weighted by Gasteiger charge is -2.30. The maximum Gasteiger partial charge on any atom is 0.326 e. The van der Waals surface area contributed by atoms with E-state index in [1.807, 2.05) is 0 Å². The van der Waals surface area contributed by atoms with Gasteiger partial charge in [-0.2, -0.15) is 0 Å². The number of nitrogens with zero attached hydrogens (tertiary/aromatic N) is 2. The number of hydrogen-bond donors (Lipinski definition) is 1. The molecule has 0 bridgehead atoms. The summed E-state index contributed by atoms with van der Waals surface area (Å²) in [7, 11) is 1.59. The zero-order valence-corrected chi connectivity index (χ0v) is 12.3. The minimum absolute atomic E-state index is 0.147. The number of hydrogen-bond acceptors (Lipinski definition) is 2. The number of carboxylic acid groups (broad SMARTS) is 1. The third-order valence-corrected chi connectivity index (χ3v) is 4.14. The molecule has 19 heavy (non-hydrogen) atoms. The lowest BCUT2D eigenvalue weighted by atomic mass is 9.98. The van der Waals surface area contributed by atoms with Crippen LogP contribution in [0.4, 0.5) is 4.79 Å². The quantitative estimate of drug-likeness (QED) is 0.853. The Morgan fingerprint density at radius 2 is 2.00 bits per heavy atom. The molecule has 0 aromatic carbocycles. The Bertz CT molecular complexity index is 320. The van der Waals surface area contributed by atoms with Gasteiger partial charge in [0.05, 0.1) is 0 Å². The highest BCUT2D eigenvalue weighted by molar-refractivity contribution is 5.82. The second-order valence-corrected chi connectivity index (χ2v) is 5.35. The molecule has 2 atom stereocenters. The minimum Gasteiger partial charge on any atom is -0.480 e. The van der Waals surface area contributed by atoms with Gasteiger partial charge in [0.1, 0.15) is 6.04 Å². The number of likely N-dealkylation sites (tertiary alicyclic amines) is 1. The number of rotatable bonds is 4. The van der Waals surface area contributed by atoms with Crippen molar-refractivity contribution in [3.63, 3.8) is 0 Å². The van der Waals surface area contributed by atoms with E-state index in [4.69, 9.17) is 5.11 Å². The molecular weight excluding hydrogens is 244 g/mol. The van der Waals surface area contributed by atoms with Crippen molar-refractivity contribution in [2.45, 2.75) is 52.0 Å². The van der Waals surface area contributed by atoms with E-state index in [2.05, 4.69) is 6.92 Å². The molecule has 0 saturated carbocycles. The van der Waals surface area contributed by atoms with Crippen LogP contribution in [0.1, 0.15) is 46.0 Å². The monoisotopic (exact) mass is 270 g/mol. The second kappa shape index (κ2) is 7.36. The van der Waals surface area contributed by atoms with Crippen molar-refractivity contribution >= 4 is 12.0 Å². The Labute approximate surface area is 115 Å². The molecule has 0 aliphatic carbocycles. The van der Waals surface area contributed by atoms with Gasteiger partial charge in [0, 0.05) is 20.1 Å². The average molecular weight is 270 g/mol. The second-order valence-electron chi connectivity index (χ2n) is 5.35. The molecule has 1 aliphatic rings. The van der Waals surface area contributed by atoms with Crippen LogP contribution >= 0.6 is 0 Å². The van der Waals surface area contributed by atoms with Crippen LogP contribution < -0.4 is 0 Å². The first-order valence-corrected chi connectivity index (χ1v) is 7.25. The van der Waals surface area contributed by atoms with Gasteiger partial charge in [0.25, 0.3) is 0 Å². The molecule has 0 aromatic rings. The van der Waals surface area contributed by atoms with Crippen LogP contribution in [-0.2, 0) is 4.79 Å². The van der Waals surface area contributed by atoms with E-state index >= 15 is 0 Å². The third-order valence-electron chi connectivity index (χ3n) is 4.14. The molecule has 1 aliphatic heterocycles. The van der Waals surface area contributed by atoms with E-state index in [1.165, 1.54) is 11.3 Å². The van der Waals surface area contributed by atoms with Crippen LogP contribution in [0.5, 0.6) is 0 Å². The summed E-state index contributed by atoms with van der Waals surface area (Å²) < 4.78 is 0. The molecule has 1 saturated heterocycles. The fourth-order valence-electron chi connectivity index (χ4n) is 2.74. The van der Waals surface area contributed by atoms with Gasteiger partial charge >= 0.3 is 12.0 Å². The maximum atomic E-state index is 12.3. The van der Waals surface area contributed by atoms with E-state index in [9.17, 15) is 9.59 Å². The van der Waals surface area contributed by atoms with Crippen molar-refractivity contribution < 1.29 is 14.7 Å². The van der Waals surface area contributed by atoms with Crippen molar-refractivity contribution in [3.8, 4) is 0 Å². The number of amides is 2. The largest absolute Gasteiger partial charge is 0.480 e. The fraction of sp³-hybridized carbons (Fsp3) is 0.857. The summed E-state index contributed by atoms with van der Waals surface area (Å²) in [4.78, 5) is 26.6. The zero-order chi connectivity index (χ0) is 14.4. The predicted molar refractivity (Wildman–Crippen MR) is 74.1 cm³/mol. The molecule has 1 rings (SSSR count). The van der Waals surface area contributed by atoms with Gasteiger partial charge in [0.15, 0.2) is 0 Å². The summed E-state index contributed by atoms with van der Waals surface area (Å²) in [5.41, 5.74) is 0. The average Bonchev–Trinajstić information content (AvgIpc) is 2.63. The molecule has 1 heterocycles. The first-order chi connectivity index (χ1) is 9.01. The normalized spacial score (nSPS) is 21.6. The molecule has 2 amide bonds. The Balaban J connectivity index is 2.63. The number of carbonyl (C=O) groups is 2. The number of urea groups is 1. The van der Waals surface area contributed by atoms with Crippen molar-refractivity contribution in [1.82, 2.24) is 9.80 Å². The number of likely N-dealkylation sites (N-methyl/N-ethyl adjacent to an activating group) is 1. The van der Waals surface area contributed by atoms with Gasteiger partial charge in [-0.3, -0.25) is 0 Å². The van der Waals surface area contributed by atoms with Gasteiger partial charge in [-0.15, -0.1) is 0 Å². The van der Waals surface area contributed by atoms with Crippen LogP contribution in [0.2, 0.25) is 0 Å². The Morgan fingerprint density at radius 3 is 2.53 bits per heavy atom. The van der Waals surface area contributed by atoms with Gasteiger partial charge in [-0.05, 0) is 31.6 Å². The van der Waals surface area contributed by atoms with Crippen molar-refractivity contribution in [1.29, 1.82) is 0 Å². The molecule has 5 heteroatoms. The van der Waals surface area contributed by atoms with Crippen LogP contribution in [0.15, 0.2) is 0 Å². The summed E-state index contributed by atoms with van der Waals surface area (Å²) in [5.74, 6) is -0.232. The highest BCUT2D eigenvalue weighted by atomic mass is 16.4. The smallest absolute Gasteiger partial charge is 0.326 e. The number of carbonyl (C=O) groups excluding carboxylic acids is 1. The van der Waals surface area contributed by atoms with Gasteiger partial charge in [-0.1, -0.05) is 20.3 Å². The lowest BCUT2D eigenvalue weighted by Crippen LogP contribution is -2.49. The van der Waals surface area contributed by atoms with Gasteiger partial charge in [-0.25, -0.2) is 9.59 Å². The first kappa shape index (κ1) is 15.8. The van der Waals surface area contributed by atoms with Crippen LogP contribution in [0.25, 0.3) is 0 Å². The summed E-state index contributed by atoms with van der Waals surface area (Å²) in [5, 5.41) is 9.11. The minimum atomic E-state index is -0.931. The van der Waals surface area contributed by atoms with Crippen molar-refractivity contribution in [2.24, 2.45) is 5.92 Å². The molecule has 0 radical (unpaired) electrons. The van der Waals surface area contributed by atoms with E-state index in [-0.39, 0.29) is 6.03 Å². The van der Waals surface area contributed by atoms with Gasteiger partial charge < -0.3 is 14.9 Å². The molecule has 1 N–H and O–H groups in total. The Kier molecular flexibility index (Phi) is 6.12. The van der Waals surface area contributed by atoms with E-state index in [0.29, 0.717) is 12.3 Å². The molecule has 1 fully saturated rings. The third kappa shape index (κ3) is 4.11. The van der Waals surface area contributed by atoms with E-state index < -0.39 is 12.0 Å². The van der Waals surface area contributed by atoms with E-state index in [0.717, 1.165) is 32.4 Å². The van der Waals surface area contributed by atoms with Gasteiger partial charge in [0.2, 0.25) is 0 Å². The topological polar surface area (TPSA) is 60.9 Å². The SMILES string of the molecule is CCC1CCCN(C(=O)N(C)C(CC)C(=O)O)CC1. The highest BCUT2D eigenvalue weighted by Crippen LogP contribution is 2.21. The Hall–Kier alpha value is -1.26. The molecule has 2 unspecified atom stereocenters. The maximum absolute atomic E-state index is 12.3. The van der Waals surface area contributed by atoms with Crippen molar-refractivity contribution in [3.05, 3.63) is 0 Å². The molecule has 5 nitrogen and oxygen atoms in total. The molecule has 110 valence electrons. The summed E-state index contributed by atoms with van der Waals surface area (Å²) in [6.07, 6.45) is 4.80. The number of aliphatic carboxylic acids is 1. The first-order valence-electron chi connectivity index (χ1n) is 7.25.